The van der Waals surface area contributed by atoms with Crippen LogP contribution in [0.3, 0.4) is 0 Å². The van der Waals surface area contributed by atoms with Gasteiger partial charge in [-0.1, -0.05) is 12.1 Å². The van der Waals surface area contributed by atoms with Gasteiger partial charge in [-0.05, 0) is 51.0 Å². The third-order valence-corrected chi connectivity index (χ3v) is 8.22. The highest BCUT2D eigenvalue weighted by atomic mass is 19.4. The topological polar surface area (TPSA) is 85.9 Å². The fourth-order valence-corrected chi connectivity index (χ4v) is 5.82. The third-order valence-electron chi connectivity index (χ3n) is 8.22. The first-order valence-electron chi connectivity index (χ1n) is 14.7. The molecule has 9 nitrogen and oxygen atoms in total. The molecule has 1 fully saturated rings. The molecular weight excluding hydrogens is 578 g/mol. The summed E-state index contributed by atoms with van der Waals surface area (Å²) >= 11 is 0. The van der Waals surface area contributed by atoms with Gasteiger partial charge in [-0.3, -0.25) is 9.69 Å². The SMILES string of the molecule is COc1cc(N2CCCN(C(C)C)CC2)ccc1Nc1ncc(C(F)(F)F)c(Nc2cccc3c2C(=O)N(CCF)C3C)n1. The van der Waals surface area contributed by atoms with E-state index in [0.29, 0.717) is 29.2 Å². The number of hydrogen-bond acceptors (Lipinski definition) is 8. The van der Waals surface area contributed by atoms with Crippen molar-refractivity contribution in [1.82, 2.24) is 19.8 Å². The minimum Gasteiger partial charge on any atom is -0.494 e. The number of rotatable bonds is 9. The molecule has 2 aromatic carbocycles. The molecule has 1 saturated heterocycles. The summed E-state index contributed by atoms with van der Waals surface area (Å²) < 4.78 is 60.9. The Labute approximate surface area is 254 Å². The van der Waals surface area contributed by atoms with Crippen molar-refractivity contribution in [1.29, 1.82) is 0 Å². The summed E-state index contributed by atoms with van der Waals surface area (Å²) in [6.07, 6.45) is -3.05. The lowest BCUT2D eigenvalue weighted by atomic mass is 10.0. The van der Waals surface area contributed by atoms with Crippen molar-refractivity contribution in [2.24, 2.45) is 0 Å². The van der Waals surface area contributed by atoms with Crippen LogP contribution in [0, 0.1) is 0 Å². The average Bonchev–Trinajstić information content (AvgIpc) is 3.13. The molecule has 236 valence electrons. The maximum Gasteiger partial charge on any atom is 0.421 e. The van der Waals surface area contributed by atoms with Gasteiger partial charge in [0.2, 0.25) is 5.95 Å². The highest BCUT2D eigenvalue weighted by molar-refractivity contribution is 6.04. The van der Waals surface area contributed by atoms with Crippen LogP contribution in [0.25, 0.3) is 0 Å². The van der Waals surface area contributed by atoms with E-state index in [1.165, 1.54) is 18.1 Å². The van der Waals surface area contributed by atoms with Gasteiger partial charge in [0.25, 0.3) is 5.91 Å². The lowest BCUT2D eigenvalue weighted by Crippen LogP contribution is -2.35. The first-order chi connectivity index (χ1) is 21.0. The Kier molecular flexibility index (Phi) is 9.14. The Balaban J connectivity index is 1.42. The van der Waals surface area contributed by atoms with Crippen LogP contribution < -0.4 is 20.3 Å². The fourth-order valence-electron chi connectivity index (χ4n) is 5.82. The zero-order valence-corrected chi connectivity index (χ0v) is 25.2. The number of halogens is 4. The van der Waals surface area contributed by atoms with Gasteiger partial charge in [0.1, 0.15) is 23.8 Å². The van der Waals surface area contributed by atoms with Crippen LogP contribution in [0.2, 0.25) is 0 Å². The van der Waals surface area contributed by atoms with Crippen LogP contribution in [0.15, 0.2) is 42.6 Å². The molecule has 0 saturated carbocycles. The van der Waals surface area contributed by atoms with E-state index in [1.54, 1.807) is 25.1 Å². The minimum absolute atomic E-state index is 0.0970. The molecule has 0 spiro atoms. The predicted octanol–water partition coefficient (Wildman–Crippen LogP) is 6.40. The normalized spacial score (nSPS) is 17.6. The molecule has 3 aromatic rings. The van der Waals surface area contributed by atoms with Gasteiger partial charge in [0.15, 0.2) is 0 Å². The number of alkyl halides is 4. The van der Waals surface area contributed by atoms with E-state index in [1.807, 2.05) is 12.1 Å². The van der Waals surface area contributed by atoms with Crippen molar-refractivity contribution in [2.75, 3.05) is 62.0 Å². The monoisotopic (exact) mass is 615 g/mol. The minimum atomic E-state index is -4.77. The van der Waals surface area contributed by atoms with E-state index >= 15 is 0 Å². The van der Waals surface area contributed by atoms with Crippen molar-refractivity contribution in [3.8, 4) is 5.75 Å². The third kappa shape index (κ3) is 6.37. The molecule has 0 bridgehead atoms. The smallest absolute Gasteiger partial charge is 0.421 e. The number of aromatic nitrogens is 2. The number of nitrogens with zero attached hydrogens (tertiary/aromatic N) is 5. The van der Waals surface area contributed by atoms with Gasteiger partial charge >= 0.3 is 6.18 Å². The second-order valence-electron chi connectivity index (χ2n) is 11.2. The van der Waals surface area contributed by atoms with Crippen LogP contribution in [0.5, 0.6) is 5.75 Å². The number of ether oxygens (including phenoxy) is 1. The molecule has 5 rings (SSSR count). The Morgan fingerprint density at radius 3 is 2.57 bits per heavy atom. The van der Waals surface area contributed by atoms with E-state index in [9.17, 15) is 22.4 Å². The number of carbonyl (C=O) groups is 1. The van der Waals surface area contributed by atoms with Gasteiger partial charge < -0.3 is 25.2 Å². The van der Waals surface area contributed by atoms with Gasteiger partial charge in [-0.15, -0.1) is 0 Å². The summed E-state index contributed by atoms with van der Waals surface area (Å²) in [6, 6.07) is 10.5. The van der Waals surface area contributed by atoms with E-state index < -0.39 is 36.2 Å². The Morgan fingerprint density at radius 1 is 1.07 bits per heavy atom. The maximum atomic E-state index is 14.0. The molecule has 1 amide bonds. The second-order valence-corrected chi connectivity index (χ2v) is 11.2. The molecular formula is C31H37F4N7O2. The molecule has 2 aliphatic rings. The molecule has 44 heavy (non-hydrogen) atoms. The van der Waals surface area contributed by atoms with E-state index in [4.69, 9.17) is 4.74 Å². The fraction of sp³-hybridized carbons (Fsp3) is 0.452. The zero-order chi connectivity index (χ0) is 31.6. The number of hydrogen-bond donors (Lipinski definition) is 2. The van der Waals surface area contributed by atoms with Crippen molar-refractivity contribution in [2.45, 2.75) is 45.5 Å². The van der Waals surface area contributed by atoms with E-state index in [2.05, 4.69) is 44.2 Å². The Hall–Kier alpha value is -4.13. The quantitative estimate of drug-likeness (QED) is 0.268. The average molecular weight is 616 g/mol. The predicted molar refractivity (Wildman–Crippen MR) is 162 cm³/mol. The van der Waals surface area contributed by atoms with Gasteiger partial charge in [0.05, 0.1) is 30.1 Å². The number of anilines is 5. The van der Waals surface area contributed by atoms with Gasteiger partial charge in [-0.2, -0.15) is 18.2 Å². The molecule has 13 heteroatoms. The number of methoxy groups -OCH3 is 1. The summed E-state index contributed by atoms with van der Waals surface area (Å²) in [4.78, 5) is 27.3. The summed E-state index contributed by atoms with van der Waals surface area (Å²) in [5, 5.41) is 5.71. The van der Waals surface area contributed by atoms with Crippen molar-refractivity contribution >= 4 is 34.7 Å². The maximum absolute atomic E-state index is 14.0. The summed E-state index contributed by atoms with van der Waals surface area (Å²) in [7, 11) is 1.52. The first kappa shape index (κ1) is 31.3. The zero-order valence-electron chi connectivity index (χ0n) is 25.2. The van der Waals surface area contributed by atoms with Crippen LogP contribution in [-0.4, -0.2) is 78.2 Å². The van der Waals surface area contributed by atoms with Crippen molar-refractivity contribution in [3.05, 3.63) is 59.3 Å². The standard InChI is InChI=1S/C31H37F4N7O2/c1-19(2)40-12-6-13-41(16-15-40)21-9-10-24(26(17-21)44-4)38-30-36-18-23(31(33,34)35)28(39-30)37-25-8-5-7-22-20(3)42(14-11-32)29(43)27(22)25/h5,7-10,17-20H,6,11-16H2,1-4H3,(H2,36,37,38,39). The highest BCUT2D eigenvalue weighted by Crippen LogP contribution is 2.41. The van der Waals surface area contributed by atoms with Crippen LogP contribution in [0.1, 0.15) is 54.7 Å². The molecule has 0 radical (unpaired) electrons. The molecule has 2 N–H and O–H groups in total. The summed E-state index contributed by atoms with van der Waals surface area (Å²) in [6.45, 7) is 9.02. The van der Waals surface area contributed by atoms with E-state index in [-0.39, 0.29) is 23.7 Å². The summed E-state index contributed by atoms with van der Waals surface area (Å²) in [5.74, 6) is -0.595. The van der Waals surface area contributed by atoms with Gasteiger partial charge in [-0.25, -0.2) is 9.37 Å². The number of carbonyl (C=O) groups excluding carboxylic acids is 1. The van der Waals surface area contributed by atoms with Crippen molar-refractivity contribution in [3.63, 3.8) is 0 Å². The van der Waals surface area contributed by atoms with Crippen LogP contribution >= 0.6 is 0 Å². The number of nitrogens with one attached hydrogen (secondary N) is 2. The first-order valence-corrected chi connectivity index (χ1v) is 14.7. The lowest BCUT2D eigenvalue weighted by molar-refractivity contribution is -0.137. The Morgan fingerprint density at radius 2 is 1.86 bits per heavy atom. The highest BCUT2D eigenvalue weighted by Gasteiger charge is 2.38. The molecule has 1 atom stereocenters. The molecule has 3 heterocycles. The summed E-state index contributed by atoms with van der Waals surface area (Å²) in [5.41, 5.74) is 1.29. The largest absolute Gasteiger partial charge is 0.494 e. The number of fused-ring (bicyclic) bond motifs is 1. The Bertz CT molecular complexity index is 1500. The van der Waals surface area contributed by atoms with Crippen LogP contribution in [-0.2, 0) is 6.18 Å². The molecule has 0 aliphatic carbocycles. The lowest BCUT2D eigenvalue weighted by Gasteiger charge is -2.26. The van der Waals surface area contributed by atoms with Crippen LogP contribution in [0.4, 0.5) is 46.4 Å². The number of benzene rings is 2. The van der Waals surface area contributed by atoms with Gasteiger partial charge in [0, 0.05) is 56.7 Å². The molecule has 1 aromatic heterocycles. The second kappa shape index (κ2) is 12.8. The van der Waals surface area contributed by atoms with E-state index in [0.717, 1.165) is 38.3 Å². The molecule has 2 aliphatic heterocycles. The number of amides is 1. The van der Waals surface area contributed by atoms with Crippen molar-refractivity contribution < 1.29 is 27.1 Å². The molecule has 1 unspecified atom stereocenters.